The molecule has 0 radical (unpaired) electrons. The summed E-state index contributed by atoms with van der Waals surface area (Å²) in [6.45, 7) is 0.124. The first-order valence-corrected chi connectivity index (χ1v) is 10.3. The monoisotopic (exact) mass is 473 g/mol. The van der Waals surface area contributed by atoms with Crippen molar-refractivity contribution in [1.82, 2.24) is 19.6 Å². The standard InChI is InChI=1S/C19H16Cl3F2N5O/c20-12-4-3-11(13(21)5-12)7-28-8-14(22)19(27-28)25-17(30)9-29-16(10-1-2-10)6-15(26-29)18(23)24/h3-6,8,10,18H,1-2,7,9H2,(H,25,27,30). The molecule has 11 heteroatoms. The molecule has 0 spiro atoms. The second kappa shape index (κ2) is 8.53. The Morgan fingerprint density at radius 2 is 1.93 bits per heavy atom. The van der Waals surface area contributed by atoms with Crippen LogP contribution in [0.15, 0.2) is 30.5 Å². The van der Waals surface area contributed by atoms with E-state index in [-0.39, 0.29) is 29.0 Å². The van der Waals surface area contributed by atoms with E-state index >= 15 is 0 Å². The number of rotatable bonds is 7. The Hall–Kier alpha value is -2.16. The van der Waals surface area contributed by atoms with Crippen molar-refractivity contribution in [1.29, 1.82) is 0 Å². The number of hydrogen-bond acceptors (Lipinski definition) is 3. The average Bonchev–Trinajstić information content (AvgIpc) is 3.34. The number of anilines is 1. The molecular formula is C19H16Cl3F2N5O. The Morgan fingerprint density at radius 3 is 2.60 bits per heavy atom. The Labute approximate surface area is 185 Å². The van der Waals surface area contributed by atoms with E-state index < -0.39 is 12.3 Å². The van der Waals surface area contributed by atoms with Crippen molar-refractivity contribution in [2.24, 2.45) is 0 Å². The highest BCUT2D eigenvalue weighted by Crippen LogP contribution is 2.41. The van der Waals surface area contributed by atoms with Crippen LogP contribution in [0.3, 0.4) is 0 Å². The maximum absolute atomic E-state index is 13.0. The van der Waals surface area contributed by atoms with Crippen LogP contribution in [0, 0.1) is 0 Å². The van der Waals surface area contributed by atoms with Crippen molar-refractivity contribution in [3.8, 4) is 0 Å². The van der Waals surface area contributed by atoms with Crippen molar-refractivity contribution in [2.75, 3.05) is 5.32 Å². The Bertz CT molecular complexity index is 1090. The van der Waals surface area contributed by atoms with Crippen LogP contribution >= 0.6 is 34.8 Å². The van der Waals surface area contributed by atoms with Gasteiger partial charge in [0.2, 0.25) is 5.91 Å². The molecule has 1 aliphatic rings. The quantitative estimate of drug-likeness (QED) is 0.489. The molecule has 1 aromatic carbocycles. The van der Waals surface area contributed by atoms with Gasteiger partial charge in [0.05, 0.1) is 6.54 Å². The van der Waals surface area contributed by atoms with Gasteiger partial charge in [-0.2, -0.15) is 10.2 Å². The fraction of sp³-hybridized carbons (Fsp3) is 0.316. The molecular weight excluding hydrogens is 459 g/mol. The fourth-order valence-electron chi connectivity index (χ4n) is 3.09. The maximum Gasteiger partial charge on any atom is 0.282 e. The molecule has 4 rings (SSSR count). The lowest BCUT2D eigenvalue weighted by Crippen LogP contribution is -2.21. The molecule has 6 nitrogen and oxygen atoms in total. The van der Waals surface area contributed by atoms with Crippen molar-refractivity contribution < 1.29 is 13.6 Å². The third-order valence-corrected chi connectivity index (χ3v) is 5.53. The third-order valence-electron chi connectivity index (χ3n) is 4.66. The zero-order valence-corrected chi connectivity index (χ0v) is 17.7. The molecule has 1 N–H and O–H groups in total. The summed E-state index contributed by atoms with van der Waals surface area (Å²) in [6.07, 6.45) is 0.677. The summed E-state index contributed by atoms with van der Waals surface area (Å²) in [6, 6.07) is 6.48. The normalized spacial score (nSPS) is 13.8. The van der Waals surface area contributed by atoms with Gasteiger partial charge in [-0.05, 0) is 36.6 Å². The van der Waals surface area contributed by atoms with Gasteiger partial charge in [0, 0.05) is 27.9 Å². The summed E-state index contributed by atoms with van der Waals surface area (Å²) in [5.74, 6) is -0.122. The number of benzene rings is 1. The minimum Gasteiger partial charge on any atom is -0.306 e. The number of carbonyl (C=O) groups is 1. The fourth-order valence-corrected chi connectivity index (χ4v) is 3.75. The predicted molar refractivity (Wildman–Crippen MR) is 111 cm³/mol. The minimum absolute atomic E-state index is 0.168. The van der Waals surface area contributed by atoms with Crippen molar-refractivity contribution in [2.45, 2.75) is 38.3 Å². The number of alkyl halides is 2. The summed E-state index contributed by atoms with van der Waals surface area (Å²) in [5.41, 5.74) is 1.10. The first-order chi connectivity index (χ1) is 14.3. The number of nitrogens with one attached hydrogen (secondary N) is 1. The zero-order valence-electron chi connectivity index (χ0n) is 15.5. The first kappa shape index (κ1) is 21.1. The predicted octanol–water partition coefficient (Wildman–Crippen LogP) is 5.54. The van der Waals surface area contributed by atoms with Crippen LogP contribution in [-0.2, 0) is 17.9 Å². The van der Waals surface area contributed by atoms with Crippen molar-refractivity contribution in [3.05, 3.63) is 62.5 Å². The highest BCUT2D eigenvalue weighted by Gasteiger charge is 2.30. The molecule has 1 aliphatic carbocycles. The smallest absolute Gasteiger partial charge is 0.282 e. The maximum atomic E-state index is 13.0. The van der Waals surface area contributed by atoms with E-state index in [1.54, 1.807) is 24.4 Å². The van der Waals surface area contributed by atoms with Crippen LogP contribution in [-0.4, -0.2) is 25.5 Å². The van der Waals surface area contributed by atoms with Crippen LogP contribution in [0.4, 0.5) is 14.6 Å². The van der Waals surface area contributed by atoms with Crippen molar-refractivity contribution in [3.63, 3.8) is 0 Å². The molecule has 0 aliphatic heterocycles. The molecule has 3 aromatic rings. The van der Waals surface area contributed by atoms with E-state index in [4.69, 9.17) is 34.8 Å². The molecule has 0 bridgehead atoms. The largest absolute Gasteiger partial charge is 0.306 e. The van der Waals surface area contributed by atoms with E-state index in [1.165, 1.54) is 15.4 Å². The highest BCUT2D eigenvalue weighted by atomic mass is 35.5. The molecule has 2 aromatic heterocycles. The van der Waals surface area contributed by atoms with Gasteiger partial charge in [0.15, 0.2) is 5.82 Å². The average molecular weight is 475 g/mol. The van der Waals surface area contributed by atoms with Crippen LogP contribution < -0.4 is 5.32 Å². The van der Waals surface area contributed by atoms with E-state index in [9.17, 15) is 13.6 Å². The van der Waals surface area contributed by atoms with Gasteiger partial charge in [-0.15, -0.1) is 0 Å². The van der Waals surface area contributed by atoms with E-state index in [0.717, 1.165) is 18.4 Å². The second-order valence-corrected chi connectivity index (χ2v) is 8.28. The van der Waals surface area contributed by atoms with E-state index in [0.29, 0.717) is 22.3 Å². The molecule has 2 heterocycles. The van der Waals surface area contributed by atoms with Gasteiger partial charge in [-0.25, -0.2) is 8.78 Å². The lowest BCUT2D eigenvalue weighted by molar-refractivity contribution is -0.117. The summed E-state index contributed by atoms with van der Waals surface area (Å²) < 4.78 is 28.8. The summed E-state index contributed by atoms with van der Waals surface area (Å²) in [5, 5.41) is 12.0. The van der Waals surface area contributed by atoms with Crippen molar-refractivity contribution >= 4 is 46.5 Å². The molecule has 0 saturated heterocycles. The van der Waals surface area contributed by atoms with Gasteiger partial charge in [0.1, 0.15) is 17.3 Å². The molecule has 158 valence electrons. The number of hydrogen-bond donors (Lipinski definition) is 1. The van der Waals surface area contributed by atoms with Gasteiger partial charge >= 0.3 is 0 Å². The Kier molecular flexibility index (Phi) is 5.99. The number of nitrogens with zero attached hydrogens (tertiary/aromatic N) is 4. The minimum atomic E-state index is -2.68. The molecule has 1 amide bonds. The van der Waals surface area contributed by atoms with Crippen LogP contribution in [0.2, 0.25) is 15.1 Å². The molecule has 1 fully saturated rings. The highest BCUT2D eigenvalue weighted by molar-refractivity contribution is 6.35. The molecule has 30 heavy (non-hydrogen) atoms. The molecule has 1 saturated carbocycles. The van der Waals surface area contributed by atoms with Gasteiger partial charge in [0.25, 0.3) is 6.43 Å². The topological polar surface area (TPSA) is 64.7 Å². The number of carbonyl (C=O) groups excluding carboxylic acids is 1. The van der Waals surface area contributed by atoms with Gasteiger partial charge in [-0.1, -0.05) is 40.9 Å². The van der Waals surface area contributed by atoms with Gasteiger partial charge in [-0.3, -0.25) is 14.2 Å². The number of amides is 1. The van der Waals surface area contributed by atoms with E-state index in [2.05, 4.69) is 15.5 Å². The Balaban J connectivity index is 1.45. The number of aromatic nitrogens is 4. The number of halogens is 5. The molecule has 0 atom stereocenters. The Morgan fingerprint density at radius 1 is 1.17 bits per heavy atom. The SMILES string of the molecule is O=C(Cn1nc(C(F)F)cc1C1CC1)Nc1nn(Cc2ccc(Cl)cc2Cl)cc1Cl. The summed E-state index contributed by atoms with van der Waals surface area (Å²) in [7, 11) is 0. The summed E-state index contributed by atoms with van der Waals surface area (Å²) in [4.78, 5) is 12.5. The van der Waals surface area contributed by atoms with Gasteiger partial charge < -0.3 is 5.32 Å². The van der Waals surface area contributed by atoms with Crippen LogP contribution in [0.25, 0.3) is 0 Å². The van der Waals surface area contributed by atoms with Crippen LogP contribution in [0.1, 0.15) is 42.1 Å². The van der Waals surface area contributed by atoms with E-state index in [1.807, 2.05) is 0 Å². The third kappa shape index (κ3) is 4.77. The molecule has 0 unspecified atom stereocenters. The van der Waals surface area contributed by atoms with Crippen LogP contribution in [0.5, 0.6) is 0 Å². The second-order valence-electron chi connectivity index (χ2n) is 7.03. The first-order valence-electron chi connectivity index (χ1n) is 9.12. The summed E-state index contributed by atoms with van der Waals surface area (Å²) >= 11 is 18.3. The zero-order chi connectivity index (χ0) is 21.4. The lowest BCUT2D eigenvalue weighted by atomic mass is 10.2. The lowest BCUT2D eigenvalue weighted by Gasteiger charge is -2.07.